The SMILES string of the molecule is Cc1nc2cc(-c3noc(C(F)(F)Cl)n3)ccn2c1N=S(C)(=O)Cc1ncon1. The zero-order valence-electron chi connectivity index (χ0n) is 14.9. The van der Waals surface area contributed by atoms with E-state index in [1.54, 1.807) is 29.7 Å². The molecule has 10 nitrogen and oxygen atoms in total. The first kappa shape index (κ1) is 19.4. The van der Waals surface area contributed by atoms with Crippen LogP contribution in [0.2, 0.25) is 0 Å². The van der Waals surface area contributed by atoms with Crippen LogP contribution in [0, 0.1) is 6.92 Å². The Hall–Kier alpha value is -2.93. The van der Waals surface area contributed by atoms with Crippen LogP contribution in [-0.2, 0) is 20.9 Å². The molecule has 152 valence electrons. The Labute approximate surface area is 167 Å². The van der Waals surface area contributed by atoms with Gasteiger partial charge in [-0.2, -0.15) is 23.1 Å². The van der Waals surface area contributed by atoms with Gasteiger partial charge in [-0.15, -0.1) is 0 Å². The Kier molecular flexibility index (Phi) is 4.58. The second-order valence-electron chi connectivity index (χ2n) is 6.13. The summed E-state index contributed by atoms with van der Waals surface area (Å²) >= 11 is 4.89. The van der Waals surface area contributed by atoms with E-state index in [-0.39, 0.29) is 17.4 Å². The number of hydrogen-bond acceptors (Lipinski definition) is 9. The summed E-state index contributed by atoms with van der Waals surface area (Å²) in [7, 11) is -2.73. The molecule has 0 aliphatic heterocycles. The van der Waals surface area contributed by atoms with Crippen LogP contribution in [0.25, 0.3) is 17.0 Å². The first-order valence-electron chi connectivity index (χ1n) is 7.97. The second-order valence-corrected chi connectivity index (χ2v) is 8.99. The fraction of sp³-hybridized carbons (Fsp3) is 0.267. The molecule has 0 bridgehead atoms. The van der Waals surface area contributed by atoms with Crippen molar-refractivity contribution in [2.24, 2.45) is 4.36 Å². The van der Waals surface area contributed by atoms with Gasteiger partial charge in [0.2, 0.25) is 12.2 Å². The highest BCUT2D eigenvalue weighted by Gasteiger charge is 2.35. The molecule has 1 unspecified atom stereocenters. The molecule has 0 saturated heterocycles. The molecular weight excluding hydrogens is 432 g/mol. The van der Waals surface area contributed by atoms with E-state index >= 15 is 0 Å². The number of pyridine rings is 1. The van der Waals surface area contributed by atoms with E-state index in [4.69, 9.17) is 11.6 Å². The lowest BCUT2D eigenvalue weighted by atomic mass is 10.2. The minimum atomic E-state index is -3.76. The minimum Gasteiger partial charge on any atom is -0.343 e. The van der Waals surface area contributed by atoms with Gasteiger partial charge in [0.05, 0.1) is 21.2 Å². The number of imidazole rings is 1. The summed E-state index contributed by atoms with van der Waals surface area (Å²) in [6.07, 6.45) is 4.21. The van der Waals surface area contributed by atoms with Crippen LogP contribution in [0.4, 0.5) is 14.6 Å². The summed E-state index contributed by atoms with van der Waals surface area (Å²) in [6, 6.07) is 3.12. The molecule has 14 heteroatoms. The Balaban J connectivity index is 1.73. The van der Waals surface area contributed by atoms with Crippen molar-refractivity contribution in [1.29, 1.82) is 0 Å². The van der Waals surface area contributed by atoms with Crippen LogP contribution >= 0.6 is 11.6 Å². The molecule has 0 aliphatic rings. The Morgan fingerprint density at radius 2 is 2.14 bits per heavy atom. The van der Waals surface area contributed by atoms with Crippen molar-refractivity contribution < 1.29 is 22.0 Å². The van der Waals surface area contributed by atoms with E-state index < -0.39 is 21.0 Å². The molecule has 1 atom stereocenters. The Morgan fingerprint density at radius 3 is 2.79 bits per heavy atom. The summed E-state index contributed by atoms with van der Waals surface area (Å²) in [6.45, 7) is 1.70. The molecule has 4 aromatic rings. The topological polar surface area (TPSA) is 125 Å². The highest BCUT2D eigenvalue weighted by molar-refractivity contribution is 7.92. The van der Waals surface area contributed by atoms with E-state index in [0.717, 1.165) is 6.39 Å². The molecule has 0 aliphatic carbocycles. The van der Waals surface area contributed by atoms with Crippen molar-refractivity contribution in [3.63, 3.8) is 0 Å². The van der Waals surface area contributed by atoms with Crippen molar-refractivity contribution in [3.8, 4) is 11.4 Å². The summed E-state index contributed by atoms with van der Waals surface area (Å²) in [5.41, 5.74) is 1.33. The maximum absolute atomic E-state index is 13.1. The number of nitrogens with zero attached hydrogens (tertiary/aromatic N) is 7. The lowest BCUT2D eigenvalue weighted by Gasteiger charge is -2.03. The van der Waals surface area contributed by atoms with E-state index in [0.29, 0.717) is 22.7 Å². The number of aromatic nitrogens is 6. The van der Waals surface area contributed by atoms with E-state index in [1.165, 1.54) is 6.26 Å². The fourth-order valence-electron chi connectivity index (χ4n) is 2.57. The molecule has 4 heterocycles. The standard InChI is InChI=1S/C15H12ClF2N7O3S/c1-8-13(24-29(2,26)6-10-19-7-27-22-10)25-4-3-9(5-11(25)20-8)12-21-14(28-23-12)15(16,17)18/h3-5,7H,6H2,1-2H3. The maximum atomic E-state index is 13.1. The molecule has 0 amide bonds. The van der Waals surface area contributed by atoms with Crippen LogP contribution in [0.5, 0.6) is 0 Å². The van der Waals surface area contributed by atoms with Gasteiger partial charge in [0.25, 0.3) is 0 Å². The summed E-state index contributed by atoms with van der Waals surface area (Å²) in [5, 5.41) is 3.40. The van der Waals surface area contributed by atoms with Crippen LogP contribution in [0.15, 0.2) is 38.1 Å². The van der Waals surface area contributed by atoms with Crippen molar-refractivity contribution in [2.45, 2.75) is 18.1 Å². The number of fused-ring (bicyclic) bond motifs is 1. The molecular formula is C15H12ClF2N7O3S. The average Bonchev–Trinajstić information content (AvgIpc) is 3.35. The predicted molar refractivity (Wildman–Crippen MR) is 97.1 cm³/mol. The van der Waals surface area contributed by atoms with Crippen LogP contribution in [0.3, 0.4) is 0 Å². The molecule has 4 aromatic heterocycles. The third-order valence-electron chi connectivity index (χ3n) is 3.78. The summed E-state index contributed by atoms with van der Waals surface area (Å²) in [5.74, 6) is -0.413. The highest BCUT2D eigenvalue weighted by Crippen LogP contribution is 2.32. The molecule has 0 spiro atoms. The second kappa shape index (κ2) is 6.84. The third-order valence-corrected chi connectivity index (χ3v) is 5.29. The van der Waals surface area contributed by atoms with E-state index in [9.17, 15) is 13.0 Å². The van der Waals surface area contributed by atoms with E-state index in [2.05, 4.69) is 38.7 Å². The molecule has 0 saturated carbocycles. The number of hydrogen-bond donors (Lipinski definition) is 0. The highest BCUT2D eigenvalue weighted by atomic mass is 35.5. The molecule has 4 rings (SSSR count). The van der Waals surface area contributed by atoms with Gasteiger partial charge < -0.3 is 9.05 Å². The first-order valence-corrected chi connectivity index (χ1v) is 10.4. The lowest BCUT2D eigenvalue weighted by molar-refractivity contribution is 0.0551. The quantitative estimate of drug-likeness (QED) is 0.430. The zero-order chi connectivity index (χ0) is 20.8. The lowest BCUT2D eigenvalue weighted by Crippen LogP contribution is -2.03. The summed E-state index contributed by atoms with van der Waals surface area (Å²) in [4.78, 5) is 11.8. The number of alkyl halides is 3. The van der Waals surface area contributed by atoms with Gasteiger partial charge in [0.1, 0.15) is 5.65 Å². The van der Waals surface area contributed by atoms with Crippen molar-refractivity contribution in [3.05, 3.63) is 42.1 Å². The molecule has 0 N–H and O–H groups in total. The third kappa shape index (κ3) is 3.96. The predicted octanol–water partition coefficient (Wildman–Crippen LogP) is 3.29. The average molecular weight is 444 g/mol. The van der Waals surface area contributed by atoms with Crippen molar-refractivity contribution >= 4 is 32.8 Å². The van der Waals surface area contributed by atoms with Crippen molar-refractivity contribution in [2.75, 3.05) is 6.26 Å². The van der Waals surface area contributed by atoms with E-state index in [1.807, 2.05) is 0 Å². The van der Waals surface area contributed by atoms with Gasteiger partial charge in [0, 0.05) is 18.0 Å². The number of halogens is 3. The van der Waals surface area contributed by atoms with Crippen LogP contribution in [0.1, 0.15) is 17.4 Å². The fourth-order valence-corrected chi connectivity index (χ4v) is 3.90. The largest absolute Gasteiger partial charge is 0.400 e. The van der Waals surface area contributed by atoms with Gasteiger partial charge in [-0.1, -0.05) is 10.3 Å². The summed E-state index contributed by atoms with van der Waals surface area (Å²) < 4.78 is 54.1. The van der Waals surface area contributed by atoms with Gasteiger partial charge in [-0.05, 0) is 30.7 Å². The van der Waals surface area contributed by atoms with Crippen LogP contribution < -0.4 is 0 Å². The number of aryl methyl sites for hydroxylation is 1. The molecule has 0 aromatic carbocycles. The Bertz CT molecular complexity index is 1300. The molecule has 0 fully saturated rings. The number of rotatable bonds is 5. The smallest absolute Gasteiger partial charge is 0.343 e. The van der Waals surface area contributed by atoms with Gasteiger partial charge in [-0.3, -0.25) is 4.40 Å². The molecule has 0 radical (unpaired) electrons. The first-order chi connectivity index (χ1) is 13.6. The normalized spacial score (nSPS) is 14.2. The van der Waals surface area contributed by atoms with Crippen LogP contribution in [-0.4, -0.2) is 40.1 Å². The Morgan fingerprint density at radius 1 is 1.34 bits per heavy atom. The maximum Gasteiger partial charge on any atom is 0.400 e. The molecule has 29 heavy (non-hydrogen) atoms. The zero-order valence-corrected chi connectivity index (χ0v) is 16.5. The van der Waals surface area contributed by atoms with Crippen molar-refractivity contribution in [1.82, 2.24) is 29.7 Å². The van der Waals surface area contributed by atoms with Gasteiger partial charge in [-0.25, -0.2) is 9.19 Å². The van der Waals surface area contributed by atoms with Gasteiger partial charge in [0.15, 0.2) is 11.6 Å². The monoisotopic (exact) mass is 443 g/mol. The van der Waals surface area contributed by atoms with Gasteiger partial charge >= 0.3 is 11.3 Å². The minimum absolute atomic E-state index is 0.00648.